The number of halogens is 4. The Bertz CT molecular complexity index is 1220. The van der Waals surface area contributed by atoms with E-state index in [4.69, 9.17) is 4.74 Å². The summed E-state index contributed by atoms with van der Waals surface area (Å²) in [6, 6.07) is 13.3. The normalized spacial score (nSPS) is 23.0. The van der Waals surface area contributed by atoms with Crippen LogP contribution in [0.15, 0.2) is 48.5 Å². The highest BCUT2D eigenvalue weighted by Crippen LogP contribution is 2.38. The second kappa shape index (κ2) is 13.1. The van der Waals surface area contributed by atoms with Gasteiger partial charge in [0.05, 0.1) is 6.04 Å². The molecule has 9 heteroatoms. The molecule has 2 aromatic rings. The van der Waals surface area contributed by atoms with Crippen LogP contribution in [0.5, 0.6) is 5.75 Å². The van der Waals surface area contributed by atoms with Gasteiger partial charge in [-0.25, -0.2) is 4.39 Å². The zero-order valence-electron chi connectivity index (χ0n) is 24.9. The fraction of sp³-hybridized carbons (Fsp3) is 0.576. The predicted octanol–water partition coefficient (Wildman–Crippen LogP) is 7.20. The lowest BCUT2D eigenvalue weighted by Gasteiger charge is -2.49. The molecule has 2 aliphatic rings. The van der Waals surface area contributed by atoms with E-state index in [0.717, 1.165) is 31.2 Å². The van der Waals surface area contributed by atoms with Crippen molar-refractivity contribution in [1.82, 2.24) is 9.80 Å². The van der Waals surface area contributed by atoms with Crippen molar-refractivity contribution >= 4 is 11.7 Å². The Balaban J connectivity index is 1.54. The van der Waals surface area contributed by atoms with Crippen LogP contribution in [-0.4, -0.2) is 59.9 Å². The fourth-order valence-corrected chi connectivity index (χ4v) is 6.43. The van der Waals surface area contributed by atoms with E-state index in [9.17, 15) is 22.8 Å². The maximum absolute atomic E-state index is 15.0. The summed E-state index contributed by atoms with van der Waals surface area (Å²) in [5.74, 6) is -0.520. The molecule has 2 fully saturated rings. The van der Waals surface area contributed by atoms with E-state index < -0.39 is 24.3 Å². The molecule has 1 heterocycles. The first-order valence-electron chi connectivity index (χ1n) is 14.8. The van der Waals surface area contributed by atoms with Gasteiger partial charge in [-0.2, -0.15) is 13.2 Å². The molecule has 230 valence electrons. The first-order chi connectivity index (χ1) is 19.7. The van der Waals surface area contributed by atoms with Crippen LogP contribution in [0.4, 0.5) is 17.6 Å². The van der Waals surface area contributed by atoms with Gasteiger partial charge in [-0.05, 0) is 67.2 Å². The highest BCUT2D eigenvalue weighted by atomic mass is 19.4. The molecule has 1 saturated carbocycles. The van der Waals surface area contributed by atoms with Gasteiger partial charge in [-0.1, -0.05) is 57.2 Å². The Morgan fingerprint density at radius 3 is 2.19 bits per heavy atom. The molecule has 4 rings (SSSR count). The van der Waals surface area contributed by atoms with E-state index in [2.05, 4.69) is 25.7 Å². The van der Waals surface area contributed by atoms with E-state index in [1.807, 2.05) is 35.2 Å². The van der Waals surface area contributed by atoms with Crippen LogP contribution in [0.25, 0.3) is 0 Å². The minimum atomic E-state index is -4.56. The molecule has 1 aliphatic carbocycles. The summed E-state index contributed by atoms with van der Waals surface area (Å²) in [6.07, 6.45) is -0.617. The van der Waals surface area contributed by atoms with E-state index in [0.29, 0.717) is 31.6 Å². The number of carbonyl (C=O) groups excluding carboxylic acids is 2. The third-order valence-electron chi connectivity index (χ3n) is 8.76. The first kappa shape index (κ1) is 32.0. The third kappa shape index (κ3) is 8.12. The Hall–Kier alpha value is -2.94. The molecule has 2 aromatic carbocycles. The monoisotopic (exact) mass is 590 g/mol. The molecule has 0 radical (unpaired) electrons. The predicted molar refractivity (Wildman–Crippen MR) is 154 cm³/mol. The maximum Gasteiger partial charge on any atom is 0.422 e. The Kier molecular flexibility index (Phi) is 10.0. The summed E-state index contributed by atoms with van der Waals surface area (Å²) < 4.78 is 57.6. The molecule has 2 atom stereocenters. The average molecular weight is 591 g/mol. The number of rotatable bonds is 8. The molecule has 1 unspecified atom stereocenters. The first-order valence-corrected chi connectivity index (χ1v) is 14.8. The highest BCUT2D eigenvalue weighted by Gasteiger charge is 2.41. The van der Waals surface area contributed by atoms with Crippen LogP contribution in [0.3, 0.4) is 0 Å². The summed E-state index contributed by atoms with van der Waals surface area (Å²) in [5, 5.41) is 0. The molecule has 1 amide bonds. The van der Waals surface area contributed by atoms with Gasteiger partial charge in [0.2, 0.25) is 5.91 Å². The number of nitrogens with zero attached hydrogens (tertiary/aromatic N) is 2. The number of Topliss-reactive ketones (excluding diaryl/α,β-unsaturated/α-hetero) is 1. The minimum absolute atomic E-state index is 0.0993. The number of ketones is 1. The SMILES string of the molecule is CC(=O)C1CCC(CC(=O)N2CCN(C(c3ccccc3)c3ccc(OCC(F)(F)F)c(F)c3)C[C@@H]2C(C)(C)C)CC1. The van der Waals surface area contributed by atoms with Crippen LogP contribution < -0.4 is 4.74 Å². The molecule has 0 N–H and O–H groups in total. The zero-order valence-corrected chi connectivity index (χ0v) is 24.9. The van der Waals surface area contributed by atoms with Gasteiger partial charge in [-0.3, -0.25) is 14.5 Å². The maximum atomic E-state index is 15.0. The summed E-state index contributed by atoms with van der Waals surface area (Å²) in [4.78, 5) is 29.7. The summed E-state index contributed by atoms with van der Waals surface area (Å²) in [7, 11) is 0. The number of hydrogen-bond donors (Lipinski definition) is 0. The second-order valence-electron chi connectivity index (χ2n) is 12.9. The van der Waals surface area contributed by atoms with E-state index in [1.165, 1.54) is 12.1 Å². The number of amides is 1. The lowest BCUT2D eigenvalue weighted by Crippen LogP contribution is -2.60. The van der Waals surface area contributed by atoms with E-state index in [-0.39, 0.29) is 41.0 Å². The van der Waals surface area contributed by atoms with Crippen LogP contribution in [0, 0.1) is 23.1 Å². The van der Waals surface area contributed by atoms with Gasteiger partial charge in [-0.15, -0.1) is 0 Å². The van der Waals surface area contributed by atoms with Crippen molar-refractivity contribution in [3.05, 3.63) is 65.5 Å². The van der Waals surface area contributed by atoms with Gasteiger partial charge in [0, 0.05) is 38.0 Å². The van der Waals surface area contributed by atoms with E-state index in [1.54, 1.807) is 13.0 Å². The van der Waals surface area contributed by atoms with Crippen molar-refractivity contribution < 1.29 is 31.9 Å². The van der Waals surface area contributed by atoms with Crippen molar-refractivity contribution in [2.75, 3.05) is 26.2 Å². The van der Waals surface area contributed by atoms with Crippen molar-refractivity contribution in [2.24, 2.45) is 17.3 Å². The van der Waals surface area contributed by atoms with Crippen molar-refractivity contribution in [1.29, 1.82) is 0 Å². The third-order valence-corrected chi connectivity index (χ3v) is 8.76. The number of ether oxygens (including phenoxy) is 1. The van der Waals surface area contributed by atoms with Gasteiger partial charge < -0.3 is 9.64 Å². The topological polar surface area (TPSA) is 49.9 Å². The van der Waals surface area contributed by atoms with Gasteiger partial charge in [0.25, 0.3) is 0 Å². The molecule has 42 heavy (non-hydrogen) atoms. The molecule has 1 aliphatic heterocycles. The molecular weight excluding hydrogens is 548 g/mol. The smallest absolute Gasteiger partial charge is 0.422 e. The minimum Gasteiger partial charge on any atom is -0.481 e. The lowest BCUT2D eigenvalue weighted by atomic mass is 9.78. The molecule has 0 bridgehead atoms. The lowest BCUT2D eigenvalue weighted by molar-refractivity contribution is -0.153. The van der Waals surface area contributed by atoms with Crippen LogP contribution in [0.2, 0.25) is 0 Å². The second-order valence-corrected chi connectivity index (χ2v) is 12.9. The standard InChI is InChI=1S/C33H42F4N2O3/c1-22(40)24-12-10-23(11-13-24)18-30(41)39-17-16-38(20-29(39)32(2,3)4)31(25-8-6-5-7-9-25)26-14-15-28(27(34)19-26)42-21-33(35,36)37/h5-9,14-15,19,23-24,29,31H,10-13,16-18,20-21H2,1-4H3/t23?,24?,29-,31?/m1/s1. The zero-order chi connectivity index (χ0) is 30.7. The largest absolute Gasteiger partial charge is 0.481 e. The number of carbonyl (C=O) groups is 2. The Morgan fingerprint density at radius 2 is 1.62 bits per heavy atom. The summed E-state index contributed by atoms with van der Waals surface area (Å²) in [6.45, 7) is 8.06. The summed E-state index contributed by atoms with van der Waals surface area (Å²) in [5.41, 5.74) is 1.30. The van der Waals surface area contributed by atoms with E-state index >= 15 is 4.39 Å². The Morgan fingerprint density at radius 1 is 0.952 bits per heavy atom. The molecule has 0 aromatic heterocycles. The number of hydrogen-bond acceptors (Lipinski definition) is 4. The quantitative estimate of drug-likeness (QED) is 0.305. The molecule has 1 saturated heterocycles. The van der Waals surface area contributed by atoms with Gasteiger partial charge >= 0.3 is 6.18 Å². The Labute approximate surface area is 246 Å². The fourth-order valence-electron chi connectivity index (χ4n) is 6.43. The highest BCUT2D eigenvalue weighted by molar-refractivity contribution is 5.79. The van der Waals surface area contributed by atoms with Gasteiger partial charge in [0.1, 0.15) is 5.78 Å². The molecular formula is C33H42F4N2O3. The van der Waals surface area contributed by atoms with Gasteiger partial charge in [0.15, 0.2) is 18.2 Å². The van der Waals surface area contributed by atoms with Crippen molar-refractivity contribution in [3.63, 3.8) is 0 Å². The molecule has 0 spiro atoms. The van der Waals surface area contributed by atoms with Crippen LogP contribution >= 0.6 is 0 Å². The average Bonchev–Trinajstić information content (AvgIpc) is 2.92. The van der Waals surface area contributed by atoms with Crippen molar-refractivity contribution in [2.45, 2.75) is 78.1 Å². The number of alkyl halides is 3. The van der Waals surface area contributed by atoms with Crippen molar-refractivity contribution in [3.8, 4) is 5.75 Å². The summed E-state index contributed by atoms with van der Waals surface area (Å²) >= 11 is 0. The van der Waals surface area contributed by atoms with Crippen LogP contribution in [-0.2, 0) is 9.59 Å². The molecule has 5 nitrogen and oxygen atoms in total. The van der Waals surface area contributed by atoms with Crippen LogP contribution in [0.1, 0.15) is 77.0 Å². The number of benzene rings is 2. The number of piperazine rings is 1.